The number of carbonyl (C=O) groups excluding carboxylic acids is 3. The lowest BCUT2D eigenvalue weighted by atomic mass is 9.70. The standard InChI is InChI=1S/C19H29BrN2O6/c1-4-27-18(26)12-13-17(25)22(7-5-6-8-23)15(16(24)21-10(2)3)19(13)9-11(20)14(12)28-19/h10-15,23H,4-9H2,1-3H3,(H,21,24)/t11?,12-,13+,14-,15?,19?/m1/s1. The molecule has 9 heteroatoms. The first-order valence-corrected chi connectivity index (χ1v) is 10.9. The molecule has 28 heavy (non-hydrogen) atoms. The zero-order chi connectivity index (χ0) is 20.6. The summed E-state index contributed by atoms with van der Waals surface area (Å²) in [5.74, 6) is -2.39. The molecule has 2 bridgehead atoms. The van der Waals surface area contributed by atoms with Crippen LogP contribution in [0.1, 0.15) is 40.0 Å². The second kappa shape index (κ2) is 8.28. The Balaban J connectivity index is 1.98. The molecule has 2 N–H and O–H groups in total. The van der Waals surface area contributed by atoms with Crippen LogP contribution in [0.2, 0.25) is 0 Å². The SMILES string of the molecule is CCOC(=O)[C@H]1[C@@H]2OC3(CC2Br)C(C(=O)NC(C)C)N(CCCCO)C(=O)[C@H]13. The van der Waals surface area contributed by atoms with E-state index < -0.39 is 35.6 Å². The number of rotatable bonds is 8. The molecule has 158 valence electrons. The topological polar surface area (TPSA) is 105 Å². The van der Waals surface area contributed by atoms with Gasteiger partial charge in [-0.1, -0.05) is 15.9 Å². The van der Waals surface area contributed by atoms with Crippen molar-refractivity contribution < 1.29 is 29.0 Å². The van der Waals surface area contributed by atoms with Gasteiger partial charge in [-0.3, -0.25) is 14.4 Å². The van der Waals surface area contributed by atoms with E-state index in [4.69, 9.17) is 14.6 Å². The van der Waals surface area contributed by atoms with E-state index in [1.807, 2.05) is 13.8 Å². The molecule has 3 aliphatic heterocycles. The molecular formula is C19H29BrN2O6. The maximum Gasteiger partial charge on any atom is 0.312 e. The highest BCUT2D eigenvalue weighted by Crippen LogP contribution is 2.60. The fourth-order valence-corrected chi connectivity index (χ4v) is 5.88. The van der Waals surface area contributed by atoms with Crippen molar-refractivity contribution >= 4 is 33.7 Å². The van der Waals surface area contributed by atoms with Gasteiger partial charge >= 0.3 is 5.97 Å². The van der Waals surface area contributed by atoms with Crippen molar-refractivity contribution in [3.05, 3.63) is 0 Å². The van der Waals surface area contributed by atoms with Gasteiger partial charge in [0.15, 0.2) is 0 Å². The van der Waals surface area contributed by atoms with Gasteiger partial charge in [-0.2, -0.15) is 0 Å². The number of halogens is 1. The molecule has 3 unspecified atom stereocenters. The number of nitrogens with zero attached hydrogens (tertiary/aromatic N) is 1. The van der Waals surface area contributed by atoms with Crippen molar-refractivity contribution in [2.75, 3.05) is 19.8 Å². The minimum absolute atomic E-state index is 0.0208. The Morgan fingerprint density at radius 1 is 1.43 bits per heavy atom. The number of aliphatic hydroxyl groups is 1. The van der Waals surface area contributed by atoms with Crippen molar-refractivity contribution in [2.24, 2.45) is 11.8 Å². The average molecular weight is 461 g/mol. The molecule has 0 radical (unpaired) electrons. The van der Waals surface area contributed by atoms with Crippen LogP contribution in [-0.4, -0.2) is 76.2 Å². The van der Waals surface area contributed by atoms with Crippen LogP contribution >= 0.6 is 15.9 Å². The van der Waals surface area contributed by atoms with Crippen LogP contribution in [0.4, 0.5) is 0 Å². The first kappa shape index (κ1) is 21.5. The number of esters is 1. The summed E-state index contributed by atoms with van der Waals surface area (Å²) in [4.78, 5) is 40.6. The highest BCUT2D eigenvalue weighted by Gasteiger charge is 2.76. The smallest absolute Gasteiger partial charge is 0.312 e. The summed E-state index contributed by atoms with van der Waals surface area (Å²) >= 11 is 3.59. The normalized spacial score (nSPS) is 36.1. The molecule has 2 amide bonds. The Morgan fingerprint density at radius 3 is 2.75 bits per heavy atom. The average Bonchev–Trinajstić information content (AvgIpc) is 3.19. The number of hydrogen-bond acceptors (Lipinski definition) is 6. The summed E-state index contributed by atoms with van der Waals surface area (Å²) in [6.07, 6.45) is 1.10. The molecule has 0 aromatic rings. The maximum atomic E-state index is 13.4. The minimum Gasteiger partial charge on any atom is -0.466 e. The highest BCUT2D eigenvalue weighted by atomic mass is 79.9. The summed E-state index contributed by atoms with van der Waals surface area (Å²) in [5.41, 5.74) is -1.04. The number of nitrogens with one attached hydrogen (secondary N) is 1. The zero-order valence-electron chi connectivity index (χ0n) is 16.5. The van der Waals surface area contributed by atoms with Gasteiger partial charge in [-0.05, 0) is 40.0 Å². The van der Waals surface area contributed by atoms with E-state index in [1.54, 1.807) is 11.8 Å². The fourth-order valence-electron chi connectivity index (χ4n) is 4.94. The third-order valence-electron chi connectivity index (χ3n) is 5.83. The number of ether oxygens (including phenoxy) is 2. The molecule has 3 saturated heterocycles. The van der Waals surface area contributed by atoms with Crippen molar-refractivity contribution in [1.82, 2.24) is 10.2 Å². The predicted octanol–water partition coefficient (Wildman–Crippen LogP) is 0.595. The van der Waals surface area contributed by atoms with Crippen molar-refractivity contribution in [3.8, 4) is 0 Å². The van der Waals surface area contributed by atoms with Gasteiger partial charge in [0.05, 0.1) is 24.5 Å². The van der Waals surface area contributed by atoms with Crippen molar-refractivity contribution in [1.29, 1.82) is 0 Å². The Bertz CT molecular complexity index is 644. The maximum absolute atomic E-state index is 13.4. The monoisotopic (exact) mass is 460 g/mol. The van der Waals surface area contributed by atoms with Gasteiger partial charge in [0.25, 0.3) is 0 Å². The van der Waals surface area contributed by atoms with Crippen LogP contribution in [0, 0.1) is 11.8 Å². The highest BCUT2D eigenvalue weighted by molar-refractivity contribution is 9.09. The van der Waals surface area contributed by atoms with Crippen LogP contribution < -0.4 is 5.32 Å². The van der Waals surface area contributed by atoms with Crippen molar-refractivity contribution in [2.45, 2.75) is 68.6 Å². The zero-order valence-corrected chi connectivity index (χ0v) is 18.1. The number of amides is 2. The van der Waals surface area contributed by atoms with Gasteiger partial charge in [-0.15, -0.1) is 0 Å². The van der Waals surface area contributed by atoms with Crippen LogP contribution in [0.15, 0.2) is 0 Å². The summed E-state index contributed by atoms with van der Waals surface area (Å²) < 4.78 is 11.5. The van der Waals surface area contributed by atoms with E-state index in [-0.39, 0.29) is 35.9 Å². The number of hydrogen-bond donors (Lipinski definition) is 2. The summed E-state index contributed by atoms with van der Waals surface area (Å²) in [6, 6.07) is -0.882. The summed E-state index contributed by atoms with van der Waals surface area (Å²) in [7, 11) is 0. The Hall–Kier alpha value is -1.19. The molecule has 1 spiro atoms. The minimum atomic E-state index is -1.04. The Labute approximate surface area is 173 Å². The van der Waals surface area contributed by atoms with Crippen LogP contribution in [-0.2, 0) is 23.9 Å². The Kier molecular flexibility index (Phi) is 6.36. The first-order valence-electron chi connectivity index (χ1n) is 9.98. The lowest BCUT2D eigenvalue weighted by Gasteiger charge is -2.34. The van der Waals surface area contributed by atoms with Crippen LogP contribution in [0.5, 0.6) is 0 Å². The summed E-state index contributed by atoms with van der Waals surface area (Å²) in [6.45, 7) is 6.03. The van der Waals surface area contributed by atoms with E-state index in [0.29, 0.717) is 25.8 Å². The van der Waals surface area contributed by atoms with E-state index in [1.165, 1.54) is 0 Å². The molecule has 3 heterocycles. The van der Waals surface area contributed by atoms with E-state index >= 15 is 0 Å². The molecule has 0 aromatic carbocycles. The van der Waals surface area contributed by atoms with Gasteiger partial charge < -0.3 is 24.8 Å². The van der Waals surface area contributed by atoms with Gasteiger partial charge in [0.1, 0.15) is 11.6 Å². The number of alkyl halides is 1. The third kappa shape index (κ3) is 3.35. The second-order valence-electron chi connectivity index (χ2n) is 8.04. The molecule has 8 nitrogen and oxygen atoms in total. The van der Waals surface area contributed by atoms with Gasteiger partial charge in [0.2, 0.25) is 11.8 Å². The molecule has 3 fully saturated rings. The van der Waals surface area contributed by atoms with Crippen LogP contribution in [0.3, 0.4) is 0 Å². The largest absolute Gasteiger partial charge is 0.466 e. The van der Waals surface area contributed by atoms with Gasteiger partial charge in [0, 0.05) is 24.0 Å². The number of likely N-dealkylation sites (tertiary alicyclic amines) is 1. The number of carbonyl (C=O) groups is 3. The predicted molar refractivity (Wildman–Crippen MR) is 104 cm³/mol. The lowest BCUT2D eigenvalue weighted by Crippen LogP contribution is -2.56. The quantitative estimate of drug-likeness (QED) is 0.312. The number of aliphatic hydroxyl groups excluding tert-OH is 1. The first-order chi connectivity index (χ1) is 13.3. The third-order valence-corrected chi connectivity index (χ3v) is 6.68. The Morgan fingerprint density at radius 2 is 2.14 bits per heavy atom. The van der Waals surface area contributed by atoms with Crippen molar-refractivity contribution in [3.63, 3.8) is 0 Å². The van der Waals surface area contributed by atoms with Gasteiger partial charge in [-0.25, -0.2) is 0 Å². The molecule has 0 saturated carbocycles. The molecule has 3 aliphatic rings. The second-order valence-corrected chi connectivity index (χ2v) is 9.22. The lowest BCUT2D eigenvalue weighted by molar-refractivity contribution is -0.154. The molecule has 0 aliphatic carbocycles. The molecule has 6 atom stereocenters. The summed E-state index contributed by atoms with van der Waals surface area (Å²) in [5, 5.41) is 12.0. The van der Waals surface area contributed by atoms with E-state index in [0.717, 1.165) is 0 Å². The number of unbranched alkanes of at least 4 members (excludes halogenated alkanes) is 1. The van der Waals surface area contributed by atoms with Crippen LogP contribution in [0.25, 0.3) is 0 Å². The molecule has 0 aromatic heterocycles. The number of fused-ring (bicyclic) bond motifs is 1. The fraction of sp³-hybridized carbons (Fsp3) is 0.842. The molecule has 3 rings (SSSR count). The van der Waals surface area contributed by atoms with E-state index in [9.17, 15) is 14.4 Å². The van der Waals surface area contributed by atoms with E-state index in [2.05, 4.69) is 21.2 Å². The molecular weight excluding hydrogens is 432 g/mol.